The second-order valence-corrected chi connectivity index (χ2v) is 9.98. The van der Waals surface area contributed by atoms with Crippen molar-refractivity contribution >= 4 is 23.1 Å². The van der Waals surface area contributed by atoms with Crippen LogP contribution >= 0.6 is 0 Å². The van der Waals surface area contributed by atoms with Gasteiger partial charge < -0.3 is 20.1 Å². The summed E-state index contributed by atoms with van der Waals surface area (Å²) in [6.07, 6.45) is 4.89. The number of rotatable bonds is 6. The Labute approximate surface area is 199 Å². The van der Waals surface area contributed by atoms with E-state index in [2.05, 4.69) is 25.4 Å². The van der Waals surface area contributed by atoms with Gasteiger partial charge in [0.05, 0.1) is 36.6 Å². The molecule has 5 heterocycles. The fourth-order valence-corrected chi connectivity index (χ4v) is 5.33. The van der Waals surface area contributed by atoms with Crippen LogP contribution < -0.4 is 10.2 Å². The molecule has 0 atom stereocenters. The first-order valence-corrected chi connectivity index (χ1v) is 11.9. The number of alkyl halides is 2. The van der Waals surface area contributed by atoms with E-state index in [1.165, 1.54) is 21.6 Å². The Bertz CT molecular complexity index is 1240. The van der Waals surface area contributed by atoms with Gasteiger partial charge in [0.1, 0.15) is 11.4 Å². The van der Waals surface area contributed by atoms with Gasteiger partial charge in [0.2, 0.25) is 0 Å². The predicted octanol–water partition coefficient (Wildman–Crippen LogP) is 2.68. The molecule has 1 aliphatic carbocycles. The fourth-order valence-electron chi connectivity index (χ4n) is 5.33. The zero-order valence-electron chi connectivity index (χ0n) is 19.1. The second-order valence-electron chi connectivity index (χ2n) is 9.98. The number of carbonyl (C=O) groups is 1. The molecule has 3 fully saturated rings. The van der Waals surface area contributed by atoms with Crippen molar-refractivity contribution < 1.29 is 23.4 Å². The van der Waals surface area contributed by atoms with Crippen molar-refractivity contribution in [3.63, 3.8) is 0 Å². The minimum atomic E-state index is -2.83. The maximum Gasteiger partial charge on any atom is 0.284 e. The number of carbonyl (C=O) groups excluding carboxylic acids is 1. The van der Waals surface area contributed by atoms with E-state index in [1.54, 1.807) is 6.20 Å². The van der Waals surface area contributed by atoms with Crippen LogP contribution in [0.1, 0.15) is 54.2 Å². The Morgan fingerprint density at radius 3 is 2.69 bits per heavy atom. The SMILES string of the molecule is O=C(Nc1cn([C@H]2CC[C@H](CO)CC2)nc1C(F)F)c1cnn2ccc(N3CC4(COC4)C3)nc12. The highest BCUT2D eigenvalue weighted by molar-refractivity contribution is 6.08. The van der Waals surface area contributed by atoms with Crippen LogP contribution in [-0.2, 0) is 4.74 Å². The number of hydrogen-bond acceptors (Lipinski definition) is 7. The Morgan fingerprint density at radius 1 is 1.26 bits per heavy atom. The highest BCUT2D eigenvalue weighted by atomic mass is 19.3. The van der Waals surface area contributed by atoms with Crippen molar-refractivity contribution in [2.75, 3.05) is 43.1 Å². The van der Waals surface area contributed by atoms with Crippen LogP contribution in [-0.4, -0.2) is 68.3 Å². The van der Waals surface area contributed by atoms with Gasteiger partial charge in [0.15, 0.2) is 11.3 Å². The molecule has 3 aromatic heterocycles. The van der Waals surface area contributed by atoms with Gasteiger partial charge in [-0.3, -0.25) is 9.48 Å². The van der Waals surface area contributed by atoms with Gasteiger partial charge in [0.25, 0.3) is 12.3 Å². The van der Waals surface area contributed by atoms with Crippen molar-refractivity contribution in [2.45, 2.75) is 38.2 Å². The smallest absolute Gasteiger partial charge is 0.284 e. The summed E-state index contributed by atoms with van der Waals surface area (Å²) in [7, 11) is 0. The third kappa shape index (κ3) is 3.94. The molecule has 2 saturated heterocycles. The van der Waals surface area contributed by atoms with Crippen molar-refractivity contribution in [2.24, 2.45) is 11.3 Å². The molecule has 1 amide bonds. The van der Waals surface area contributed by atoms with E-state index in [9.17, 15) is 18.7 Å². The maximum absolute atomic E-state index is 13.8. The highest BCUT2D eigenvalue weighted by Gasteiger charge is 2.49. The highest BCUT2D eigenvalue weighted by Crippen LogP contribution is 2.40. The van der Waals surface area contributed by atoms with Gasteiger partial charge >= 0.3 is 0 Å². The molecule has 186 valence electrons. The molecule has 3 aromatic rings. The zero-order valence-corrected chi connectivity index (χ0v) is 19.1. The van der Waals surface area contributed by atoms with Crippen molar-refractivity contribution in [3.05, 3.63) is 35.9 Å². The van der Waals surface area contributed by atoms with Crippen LogP contribution in [0.4, 0.5) is 20.3 Å². The summed E-state index contributed by atoms with van der Waals surface area (Å²) < 4.78 is 35.8. The van der Waals surface area contributed by atoms with E-state index in [-0.39, 0.29) is 35.2 Å². The van der Waals surface area contributed by atoms with Crippen LogP contribution in [0.5, 0.6) is 0 Å². The molecule has 0 radical (unpaired) electrons. The maximum atomic E-state index is 13.8. The van der Waals surface area contributed by atoms with Crippen molar-refractivity contribution in [3.8, 4) is 0 Å². The molecule has 0 bridgehead atoms. The van der Waals surface area contributed by atoms with Gasteiger partial charge in [-0.1, -0.05) is 0 Å². The van der Waals surface area contributed by atoms with Gasteiger partial charge in [-0.15, -0.1) is 0 Å². The quantitative estimate of drug-likeness (QED) is 0.550. The van der Waals surface area contributed by atoms with Crippen LogP contribution in [0.15, 0.2) is 24.7 Å². The number of halogens is 2. The van der Waals surface area contributed by atoms with E-state index < -0.39 is 18.0 Å². The van der Waals surface area contributed by atoms with Gasteiger partial charge in [-0.25, -0.2) is 18.3 Å². The summed E-state index contributed by atoms with van der Waals surface area (Å²) in [6, 6.07) is 1.81. The number of amides is 1. The molecule has 0 unspecified atom stereocenters. The topological polar surface area (TPSA) is 110 Å². The van der Waals surface area contributed by atoms with E-state index in [0.29, 0.717) is 5.65 Å². The monoisotopic (exact) mass is 487 g/mol. The van der Waals surface area contributed by atoms with Gasteiger partial charge in [0, 0.05) is 32.1 Å². The van der Waals surface area contributed by atoms with Crippen LogP contribution in [0.2, 0.25) is 0 Å². The van der Waals surface area contributed by atoms with Gasteiger partial charge in [-0.05, 0) is 37.7 Å². The lowest BCUT2D eigenvalue weighted by molar-refractivity contribution is -0.127. The number of anilines is 2. The van der Waals surface area contributed by atoms with E-state index in [4.69, 9.17) is 4.74 Å². The fraction of sp³-hybridized carbons (Fsp3) is 0.565. The van der Waals surface area contributed by atoms with Crippen LogP contribution in [0.3, 0.4) is 0 Å². The molecule has 1 spiro atoms. The lowest BCUT2D eigenvalue weighted by atomic mass is 9.78. The molecule has 1 saturated carbocycles. The molecule has 35 heavy (non-hydrogen) atoms. The average Bonchev–Trinajstić information content (AvgIpc) is 3.41. The summed E-state index contributed by atoms with van der Waals surface area (Å²) in [5, 5.41) is 20.3. The lowest BCUT2D eigenvalue weighted by Crippen LogP contribution is -2.66. The summed E-state index contributed by atoms with van der Waals surface area (Å²) in [5.41, 5.74) is 0.308. The Balaban J connectivity index is 1.21. The normalized spacial score (nSPS) is 23.5. The number of ether oxygens (including phenoxy) is 1. The van der Waals surface area contributed by atoms with E-state index >= 15 is 0 Å². The predicted molar refractivity (Wildman–Crippen MR) is 122 cm³/mol. The molecule has 6 rings (SSSR count). The number of aliphatic hydroxyl groups excluding tert-OH is 1. The average molecular weight is 488 g/mol. The number of aromatic nitrogens is 5. The molecule has 2 N–H and O–H groups in total. The Kier molecular flexibility index (Phi) is 5.44. The second kappa shape index (κ2) is 8.52. The number of nitrogens with zero attached hydrogens (tertiary/aromatic N) is 6. The molecule has 10 nitrogen and oxygen atoms in total. The minimum Gasteiger partial charge on any atom is -0.396 e. The van der Waals surface area contributed by atoms with E-state index in [0.717, 1.165) is 57.8 Å². The largest absolute Gasteiger partial charge is 0.396 e. The third-order valence-electron chi connectivity index (χ3n) is 7.46. The van der Waals surface area contributed by atoms with Gasteiger partial charge in [-0.2, -0.15) is 10.2 Å². The summed E-state index contributed by atoms with van der Waals surface area (Å²) in [5.74, 6) is 0.416. The molecular formula is C23H27F2N7O3. The molecule has 0 aromatic carbocycles. The standard InChI is InChI=1S/C23H27F2N7O3/c24-20(25)19-17(8-32(29-19)15-3-1-14(9-33)2-4-15)27-22(34)16-7-26-31-6-5-18(28-21(16)31)30-10-23(11-30)12-35-13-23/h5-8,14-15,20,33H,1-4,9-13H2,(H,27,34)/t14-,15-. The van der Waals surface area contributed by atoms with Crippen molar-refractivity contribution in [1.29, 1.82) is 0 Å². The van der Waals surface area contributed by atoms with Crippen LogP contribution in [0, 0.1) is 11.3 Å². The van der Waals surface area contributed by atoms with E-state index in [1.807, 2.05) is 6.07 Å². The number of nitrogens with one attached hydrogen (secondary N) is 1. The molecule has 12 heteroatoms. The molecule has 2 aliphatic heterocycles. The number of fused-ring (bicyclic) bond motifs is 1. The number of hydrogen-bond donors (Lipinski definition) is 2. The summed E-state index contributed by atoms with van der Waals surface area (Å²) >= 11 is 0. The Morgan fingerprint density at radius 2 is 2.03 bits per heavy atom. The lowest BCUT2D eigenvalue weighted by Gasteiger charge is -2.55. The third-order valence-corrected chi connectivity index (χ3v) is 7.46. The first-order chi connectivity index (χ1) is 16.9. The molecular weight excluding hydrogens is 460 g/mol. The Hall–Kier alpha value is -3.12. The van der Waals surface area contributed by atoms with Crippen LogP contribution in [0.25, 0.3) is 5.65 Å². The van der Waals surface area contributed by atoms with Crippen molar-refractivity contribution in [1.82, 2.24) is 24.4 Å². The molecule has 3 aliphatic rings. The minimum absolute atomic E-state index is 0.0144. The summed E-state index contributed by atoms with van der Waals surface area (Å²) in [6.45, 7) is 3.36. The first kappa shape index (κ1) is 22.4. The number of aliphatic hydroxyl groups is 1. The summed E-state index contributed by atoms with van der Waals surface area (Å²) in [4.78, 5) is 19.9. The zero-order chi connectivity index (χ0) is 24.2. The first-order valence-electron chi connectivity index (χ1n) is 11.9.